The van der Waals surface area contributed by atoms with Gasteiger partial charge < -0.3 is 5.11 Å². The minimum absolute atomic E-state index is 0.122. The second-order valence-electron chi connectivity index (χ2n) is 5.27. The maximum Gasteiger partial charge on any atom is 0.132 e. The van der Waals surface area contributed by atoms with Crippen molar-refractivity contribution >= 4 is 0 Å². The van der Waals surface area contributed by atoms with Crippen LogP contribution in [0.5, 0.6) is 0 Å². The molecule has 112 valence electrons. The van der Waals surface area contributed by atoms with Crippen LogP contribution in [0, 0.1) is 18.6 Å². The van der Waals surface area contributed by atoms with Gasteiger partial charge in [0.15, 0.2) is 0 Å². The molecular weight excluding hydrogens is 270 g/mol. The number of hydrogen-bond acceptors (Lipinski definition) is 1. The van der Waals surface area contributed by atoms with Crippen molar-refractivity contribution in [1.82, 2.24) is 0 Å². The third-order valence-corrected chi connectivity index (χ3v) is 3.87. The van der Waals surface area contributed by atoms with E-state index in [0.29, 0.717) is 11.1 Å². The van der Waals surface area contributed by atoms with E-state index in [1.807, 2.05) is 32.0 Å². The monoisotopic (exact) mass is 290 g/mol. The molecule has 2 aromatic carbocycles. The molecule has 0 aliphatic heterocycles. The van der Waals surface area contributed by atoms with Crippen molar-refractivity contribution in [3.05, 3.63) is 69.8 Å². The van der Waals surface area contributed by atoms with Gasteiger partial charge in [-0.3, -0.25) is 0 Å². The molecule has 1 N–H and O–H groups in total. The maximum absolute atomic E-state index is 14.0. The van der Waals surface area contributed by atoms with Gasteiger partial charge in [-0.25, -0.2) is 8.78 Å². The summed E-state index contributed by atoms with van der Waals surface area (Å²) in [5.74, 6) is -1.31. The molecule has 0 amide bonds. The van der Waals surface area contributed by atoms with Crippen molar-refractivity contribution in [1.29, 1.82) is 0 Å². The average Bonchev–Trinajstić information content (AvgIpc) is 2.49. The number of aryl methyl sites for hydroxylation is 3. The molecular formula is C18H20F2O. The first-order valence-electron chi connectivity index (χ1n) is 7.23. The molecule has 0 bridgehead atoms. The van der Waals surface area contributed by atoms with E-state index in [1.165, 1.54) is 6.07 Å². The standard InChI is InChI=1S/C18H20F2O/c1-4-12-6-7-13(5-2)14(9-12)18(21)15-8-11(3)16(19)10-17(15)20/h6-10,18,21H,4-5H2,1-3H3. The van der Waals surface area contributed by atoms with E-state index in [4.69, 9.17) is 0 Å². The third-order valence-electron chi connectivity index (χ3n) is 3.87. The predicted octanol–water partition coefficient (Wildman–Crippen LogP) is 4.48. The summed E-state index contributed by atoms with van der Waals surface area (Å²) < 4.78 is 27.4. The zero-order valence-electron chi connectivity index (χ0n) is 12.6. The Bertz CT molecular complexity index is 650. The van der Waals surface area contributed by atoms with Crippen molar-refractivity contribution in [2.45, 2.75) is 39.7 Å². The minimum atomic E-state index is -1.08. The summed E-state index contributed by atoms with van der Waals surface area (Å²) >= 11 is 0. The first-order chi connectivity index (χ1) is 9.97. The van der Waals surface area contributed by atoms with Gasteiger partial charge in [0.05, 0.1) is 0 Å². The smallest absolute Gasteiger partial charge is 0.132 e. The van der Waals surface area contributed by atoms with Crippen LogP contribution >= 0.6 is 0 Å². The van der Waals surface area contributed by atoms with Crippen LogP contribution in [0.2, 0.25) is 0 Å². The molecule has 0 spiro atoms. The molecule has 0 fully saturated rings. The molecule has 2 rings (SSSR count). The molecule has 0 aromatic heterocycles. The highest BCUT2D eigenvalue weighted by Gasteiger charge is 2.19. The molecule has 0 heterocycles. The summed E-state index contributed by atoms with van der Waals surface area (Å²) in [6.45, 7) is 5.58. The van der Waals surface area contributed by atoms with E-state index in [1.54, 1.807) is 6.92 Å². The van der Waals surface area contributed by atoms with Crippen molar-refractivity contribution in [2.24, 2.45) is 0 Å². The first kappa shape index (κ1) is 15.6. The molecule has 1 unspecified atom stereocenters. The summed E-state index contributed by atoms with van der Waals surface area (Å²) in [7, 11) is 0. The fourth-order valence-electron chi connectivity index (χ4n) is 2.50. The Labute approximate surface area is 124 Å². The Morgan fingerprint density at radius 1 is 0.952 bits per heavy atom. The van der Waals surface area contributed by atoms with Gasteiger partial charge in [0.1, 0.15) is 17.7 Å². The molecule has 1 atom stereocenters. The second-order valence-corrected chi connectivity index (χ2v) is 5.27. The van der Waals surface area contributed by atoms with Gasteiger partial charge >= 0.3 is 0 Å². The molecule has 0 aliphatic carbocycles. The number of hydrogen-bond donors (Lipinski definition) is 1. The van der Waals surface area contributed by atoms with Crippen LogP contribution in [0.15, 0.2) is 30.3 Å². The Morgan fingerprint density at radius 2 is 1.67 bits per heavy atom. The van der Waals surface area contributed by atoms with Gasteiger partial charge in [-0.05, 0) is 48.1 Å². The number of rotatable bonds is 4. The topological polar surface area (TPSA) is 20.2 Å². The van der Waals surface area contributed by atoms with E-state index in [9.17, 15) is 13.9 Å². The minimum Gasteiger partial charge on any atom is -0.384 e. The zero-order chi connectivity index (χ0) is 15.6. The van der Waals surface area contributed by atoms with E-state index >= 15 is 0 Å². The lowest BCUT2D eigenvalue weighted by Crippen LogP contribution is -2.08. The zero-order valence-corrected chi connectivity index (χ0v) is 12.6. The average molecular weight is 290 g/mol. The van der Waals surface area contributed by atoms with Crippen molar-refractivity contribution in [3.8, 4) is 0 Å². The van der Waals surface area contributed by atoms with Gasteiger partial charge in [0, 0.05) is 11.6 Å². The molecule has 3 heteroatoms. The highest BCUT2D eigenvalue weighted by molar-refractivity contribution is 5.40. The highest BCUT2D eigenvalue weighted by atomic mass is 19.1. The highest BCUT2D eigenvalue weighted by Crippen LogP contribution is 2.29. The van der Waals surface area contributed by atoms with Crippen LogP contribution in [0.25, 0.3) is 0 Å². The fraction of sp³-hybridized carbons (Fsp3) is 0.333. The van der Waals surface area contributed by atoms with Gasteiger partial charge in [-0.15, -0.1) is 0 Å². The molecule has 0 aliphatic rings. The molecule has 2 aromatic rings. The number of benzene rings is 2. The Hall–Kier alpha value is -1.74. The number of halogens is 2. The normalized spacial score (nSPS) is 12.5. The predicted molar refractivity (Wildman–Crippen MR) is 80.4 cm³/mol. The van der Waals surface area contributed by atoms with Gasteiger partial charge in [-0.2, -0.15) is 0 Å². The molecule has 0 saturated heterocycles. The van der Waals surface area contributed by atoms with Crippen LogP contribution in [-0.2, 0) is 12.8 Å². The number of aliphatic hydroxyl groups is 1. The molecule has 0 radical (unpaired) electrons. The van der Waals surface area contributed by atoms with Gasteiger partial charge in [-0.1, -0.05) is 32.0 Å². The lowest BCUT2D eigenvalue weighted by Gasteiger charge is -2.18. The fourth-order valence-corrected chi connectivity index (χ4v) is 2.50. The molecule has 1 nitrogen and oxygen atoms in total. The summed E-state index contributed by atoms with van der Waals surface area (Å²) in [6, 6.07) is 8.10. The summed E-state index contributed by atoms with van der Waals surface area (Å²) in [6.07, 6.45) is 0.512. The lowest BCUT2D eigenvalue weighted by atomic mass is 9.92. The summed E-state index contributed by atoms with van der Waals surface area (Å²) in [4.78, 5) is 0. The summed E-state index contributed by atoms with van der Waals surface area (Å²) in [5.41, 5.74) is 3.20. The SMILES string of the molecule is CCc1ccc(CC)c(C(O)c2cc(C)c(F)cc2F)c1. The number of aliphatic hydroxyl groups excluding tert-OH is 1. The first-order valence-corrected chi connectivity index (χ1v) is 7.23. The largest absolute Gasteiger partial charge is 0.384 e. The maximum atomic E-state index is 14.0. The Morgan fingerprint density at radius 3 is 2.29 bits per heavy atom. The quantitative estimate of drug-likeness (QED) is 0.880. The lowest BCUT2D eigenvalue weighted by molar-refractivity contribution is 0.213. The van der Waals surface area contributed by atoms with Crippen LogP contribution in [0.3, 0.4) is 0 Å². The van der Waals surface area contributed by atoms with Crippen LogP contribution < -0.4 is 0 Å². The van der Waals surface area contributed by atoms with E-state index in [0.717, 1.165) is 30.0 Å². The third kappa shape index (κ3) is 3.13. The molecule has 0 saturated carbocycles. The summed E-state index contributed by atoms with van der Waals surface area (Å²) in [5, 5.41) is 10.6. The van der Waals surface area contributed by atoms with Crippen molar-refractivity contribution in [2.75, 3.05) is 0 Å². The van der Waals surface area contributed by atoms with Crippen LogP contribution in [-0.4, -0.2) is 5.11 Å². The van der Waals surface area contributed by atoms with Crippen LogP contribution in [0.4, 0.5) is 8.78 Å². The Balaban J connectivity index is 2.53. The van der Waals surface area contributed by atoms with Crippen LogP contribution in [0.1, 0.15) is 47.8 Å². The second kappa shape index (κ2) is 6.35. The van der Waals surface area contributed by atoms with Gasteiger partial charge in [0.25, 0.3) is 0 Å². The molecule has 21 heavy (non-hydrogen) atoms. The Kier molecular flexibility index (Phi) is 4.73. The van der Waals surface area contributed by atoms with Gasteiger partial charge in [0.2, 0.25) is 0 Å². The van der Waals surface area contributed by atoms with E-state index in [2.05, 4.69) is 0 Å². The van der Waals surface area contributed by atoms with E-state index in [-0.39, 0.29) is 5.56 Å². The van der Waals surface area contributed by atoms with Crippen molar-refractivity contribution < 1.29 is 13.9 Å². The van der Waals surface area contributed by atoms with E-state index < -0.39 is 17.7 Å². The van der Waals surface area contributed by atoms with Crippen molar-refractivity contribution in [3.63, 3.8) is 0 Å².